The molecule has 6 heterocycles. The third-order valence-corrected chi connectivity index (χ3v) is 18.6. The number of thiol groups is 1. The number of hydrogen-bond donors (Lipinski definition) is 1. The van der Waals surface area contributed by atoms with Crippen molar-refractivity contribution in [2.75, 3.05) is 0 Å². The molecule has 0 spiro atoms. The molecule has 7 rings (SSSR count). The summed E-state index contributed by atoms with van der Waals surface area (Å²) >= 11 is 14.1. The second-order valence-electron chi connectivity index (χ2n) is 16.2. The van der Waals surface area contributed by atoms with Gasteiger partial charge in [-0.15, -0.1) is 69.3 Å². The van der Waals surface area contributed by atoms with Crippen LogP contribution in [-0.4, -0.2) is 7.85 Å². The van der Waals surface area contributed by atoms with Gasteiger partial charge in [0.15, 0.2) is 10.9 Å². The standard InChI is InChI=1S/C40H39BF2S7/c1-18(44)31-30(43)29-34(49-31)36(38(5,6)7)50-35(29)40(10,11)39(8,9)24-17-20-28(22-13-15-26(42)46-22)32-19(16-23(47-32)37(2,3)4)27(33(20)48-24)21-12-14-25(41)45-21/h12-17,44H,1H2,2-11H3. The number of thiophene rings is 6. The molecule has 0 aliphatic heterocycles. The van der Waals surface area contributed by atoms with Gasteiger partial charge < -0.3 is 0 Å². The van der Waals surface area contributed by atoms with E-state index in [4.69, 9.17) is 7.85 Å². The van der Waals surface area contributed by atoms with Gasteiger partial charge in [-0.3, -0.25) is 0 Å². The van der Waals surface area contributed by atoms with Crippen molar-refractivity contribution in [2.45, 2.75) is 90.9 Å². The minimum absolute atomic E-state index is 0.0495. The topological polar surface area (TPSA) is 0 Å². The molecule has 1 aromatic carbocycles. The van der Waals surface area contributed by atoms with Crippen LogP contribution in [-0.2, 0) is 21.7 Å². The molecule has 0 atom stereocenters. The fourth-order valence-corrected chi connectivity index (χ4v) is 14.4. The molecule has 0 amide bonds. The highest BCUT2D eigenvalue weighted by Crippen LogP contribution is 2.58. The summed E-state index contributed by atoms with van der Waals surface area (Å²) in [5.41, 5.74) is 1.16. The van der Waals surface area contributed by atoms with E-state index in [1.165, 1.54) is 57.7 Å². The summed E-state index contributed by atoms with van der Waals surface area (Å²) in [6.45, 7) is 26.4. The van der Waals surface area contributed by atoms with Crippen LogP contribution < -0.4 is 4.78 Å². The first-order valence-corrected chi connectivity index (χ1v) is 21.8. The Kier molecular flexibility index (Phi) is 8.86. The van der Waals surface area contributed by atoms with Gasteiger partial charge in [-0.25, -0.2) is 4.39 Å². The van der Waals surface area contributed by atoms with Gasteiger partial charge in [0, 0.05) is 81.7 Å². The quantitative estimate of drug-likeness (QED) is 0.126. The predicted octanol–water partition coefficient (Wildman–Crippen LogP) is 14.7. The molecule has 2 radical (unpaired) electrons. The second kappa shape index (κ2) is 12.1. The Balaban J connectivity index is 1.55. The normalized spacial score (nSPS) is 13.5. The van der Waals surface area contributed by atoms with Crippen LogP contribution in [0.2, 0.25) is 0 Å². The van der Waals surface area contributed by atoms with Crippen LogP contribution in [0.5, 0.6) is 0 Å². The van der Waals surface area contributed by atoms with E-state index in [0.29, 0.717) is 15.2 Å². The smallest absolute Gasteiger partial charge is 0.176 e. The zero-order valence-corrected chi connectivity index (χ0v) is 35.7. The van der Waals surface area contributed by atoms with Gasteiger partial charge >= 0.3 is 0 Å². The molecule has 0 fully saturated rings. The molecular formula is C40H39BF2S7. The van der Waals surface area contributed by atoms with E-state index in [-0.39, 0.29) is 21.8 Å². The van der Waals surface area contributed by atoms with Crippen molar-refractivity contribution in [2.24, 2.45) is 0 Å². The van der Waals surface area contributed by atoms with Gasteiger partial charge in [-0.1, -0.05) is 81.9 Å². The number of hydrogen-bond acceptors (Lipinski definition) is 7. The zero-order valence-electron chi connectivity index (χ0n) is 29.9. The second-order valence-corrected chi connectivity index (χ2v) is 23.0. The van der Waals surface area contributed by atoms with Crippen LogP contribution in [0.25, 0.3) is 56.0 Å². The Hall–Kier alpha value is -1.79. The van der Waals surface area contributed by atoms with Crippen LogP contribution in [0.15, 0.2) is 43.0 Å². The number of rotatable bonds is 6. The van der Waals surface area contributed by atoms with E-state index in [9.17, 15) is 4.39 Å². The van der Waals surface area contributed by atoms with Crippen LogP contribution in [0.1, 0.15) is 93.6 Å². The monoisotopic (exact) mass is 792 g/mol. The van der Waals surface area contributed by atoms with E-state index in [2.05, 4.69) is 107 Å². The SMILES string of the molecule is [B]c1ccc(-c2c3cc(C(C)(C)C)sc3c(-c3ccc(F)s3)c3cc(C(C)(C)C(C)(C)c4sc(C(C)(C)C)c5sc(C(=C)S)c(F)c45)sc23)s1. The maximum Gasteiger partial charge on any atom is 0.176 e. The van der Waals surface area contributed by atoms with Gasteiger partial charge in [-0.2, -0.15) is 15.7 Å². The van der Waals surface area contributed by atoms with Crippen molar-refractivity contribution in [3.63, 3.8) is 0 Å². The minimum atomic E-state index is -0.475. The maximum absolute atomic E-state index is 16.4. The van der Waals surface area contributed by atoms with Crippen molar-refractivity contribution < 1.29 is 8.78 Å². The van der Waals surface area contributed by atoms with Gasteiger partial charge in [0.2, 0.25) is 0 Å². The van der Waals surface area contributed by atoms with Gasteiger partial charge in [0.05, 0.1) is 9.58 Å². The maximum atomic E-state index is 16.4. The molecule has 0 unspecified atom stereocenters. The molecular weight excluding hydrogens is 754 g/mol. The summed E-state index contributed by atoms with van der Waals surface area (Å²) in [6.07, 6.45) is 0. The molecule has 0 saturated carbocycles. The van der Waals surface area contributed by atoms with Crippen LogP contribution in [0, 0.1) is 10.9 Å². The highest BCUT2D eigenvalue weighted by Gasteiger charge is 2.45. The summed E-state index contributed by atoms with van der Waals surface area (Å²) in [6, 6.07) is 12.3. The number of halogens is 2. The van der Waals surface area contributed by atoms with Crippen molar-refractivity contribution in [1.82, 2.24) is 0 Å². The Labute approximate surface area is 324 Å². The molecule has 10 heteroatoms. The summed E-state index contributed by atoms with van der Waals surface area (Å²) in [7, 11) is 6.35. The molecule has 6 aromatic heterocycles. The van der Waals surface area contributed by atoms with E-state index in [0.717, 1.165) is 35.1 Å². The van der Waals surface area contributed by atoms with Crippen LogP contribution in [0.3, 0.4) is 0 Å². The fourth-order valence-electron chi connectivity index (χ4n) is 6.56. The molecule has 0 N–H and O–H groups in total. The summed E-state index contributed by atoms with van der Waals surface area (Å²) in [5.74, 6) is -0.221. The molecule has 0 nitrogen and oxygen atoms in total. The Morgan fingerprint density at radius 3 is 1.70 bits per heavy atom. The van der Waals surface area contributed by atoms with Crippen molar-refractivity contribution in [3.05, 3.63) is 78.3 Å². The summed E-state index contributed by atoms with van der Waals surface area (Å²) in [5, 5.41) is 2.81. The van der Waals surface area contributed by atoms with Gasteiger partial charge in [-0.05, 0) is 45.9 Å². The lowest BCUT2D eigenvalue weighted by atomic mass is 9.65. The van der Waals surface area contributed by atoms with Crippen molar-refractivity contribution in [1.29, 1.82) is 0 Å². The lowest BCUT2D eigenvalue weighted by molar-refractivity contribution is 0.316. The highest BCUT2D eigenvalue weighted by atomic mass is 32.1. The molecule has 0 aliphatic rings. The lowest BCUT2D eigenvalue weighted by Gasteiger charge is -2.41. The van der Waals surface area contributed by atoms with Crippen LogP contribution >= 0.6 is 80.6 Å². The Morgan fingerprint density at radius 1 is 0.640 bits per heavy atom. The lowest BCUT2D eigenvalue weighted by Crippen LogP contribution is -2.39. The molecule has 0 bridgehead atoms. The third kappa shape index (κ3) is 5.66. The highest BCUT2D eigenvalue weighted by molar-refractivity contribution is 7.90. The molecule has 7 aromatic rings. The summed E-state index contributed by atoms with van der Waals surface area (Å²) < 4.78 is 35.3. The summed E-state index contributed by atoms with van der Waals surface area (Å²) in [4.78, 5) is 7.72. The van der Waals surface area contributed by atoms with Crippen LogP contribution in [0.4, 0.5) is 8.78 Å². The minimum Gasteiger partial charge on any atom is -0.205 e. The Morgan fingerprint density at radius 2 is 1.20 bits per heavy atom. The first-order valence-electron chi connectivity index (χ1n) is 16.4. The van der Waals surface area contributed by atoms with Gasteiger partial charge in [0.25, 0.3) is 0 Å². The number of fused-ring (bicyclic) bond motifs is 3. The first kappa shape index (κ1) is 36.6. The molecule has 0 aliphatic carbocycles. The fraction of sp³-hybridized carbons (Fsp3) is 0.350. The number of benzene rings is 1. The predicted molar refractivity (Wildman–Crippen MR) is 230 cm³/mol. The van der Waals surface area contributed by atoms with E-state index >= 15 is 4.39 Å². The average molecular weight is 793 g/mol. The first-order chi connectivity index (χ1) is 23.1. The van der Waals surface area contributed by atoms with Crippen molar-refractivity contribution >= 4 is 128 Å². The van der Waals surface area contributed by atoms with E-state index in [1.807, 2.05) is 23.5 Å². The van der Waals surface area contributed by atoms with Crippen molar-refractivity contribution in [3.8, 4) is 20.9 Å². The average Bonchev–Trinajstić information content (AvgIpc) is 3.82. The van der Waals surface area contributed by atoms with Gasteiger partial charge in [0.1, 0.15) is 7.85 Å². The molecule has 50 heavy (non-hydrogen) atoms. The van der Waals surface area contributed by atoms with E-state index in [1.54, 1.807) is 40.1 Å². The molecule has 258 valence electrons. The zero-order chi connectivity index (χ0) is 36.5. The largest absolute Gasteiger partial charge is 0.205 e. The Bertz CT molecular complexity index is 2380. The van der Waals surface area contributed by atoms with E-state index < -0.39 is 10.8 Å². The third-order valence-electron chi connectivity index (χ3n) is 10.1. The molecule has 0 saturated heterocycles.